The highest BCUT2D eigenvalue weighted by Crippen LogP contribution is 2.27. The first-order chi connectivity index (χ1) is 17.5. The summed E-state index contributed by atoms with van der Waals surface area (Å²) in [6.07, 6.45) is 4.56. The van der Waals surface area contributed by atoms with E-state index < -0.39 is 4.92 Å². The molecule has 0 atom stereocenters. The van der Waals surface area contributed by atoms with Crippen LogP contribution in [0.1, 0.15) is 15.9 Å². The number of carbonyl (C=O) groups is 1. The third-order valence-corrected chi connectivity index (χ3v) is 5.70. The third kappa shape index (κ3) is 4.47. The lowest BCUT2D eigenvalue weighted by molar-refractivity contribution is -0.384. The maximum absolute atomic E-state index is 13.3. The van der Waals surface area contributed by atoms with Gasteiger partial charge in [-0.15, -0.1) is 0 Å². The molecular formula is C26H21N7O3. The van der Waals surface area contributed by atoms with Gasteiger partial charge in [-0.1, -0.05) is 48.5 Å². The molecule has 178 valence electrons. The van der Waals surface area contributed by atoms with Gasteiger partial charge in [-0.05, 0) is 24.3 Å². The van der Waals surface area contributed by atoms with E-state index in [1.807, 2.05) is 66.9 Å². The van der Waals surface area contributed by atoms with Gasteiger partial charge in [0, 0.05) is 42.5 Å². The largest absolute Gasteiger partial charge is 0.337 e. The predicted molar refractivity (Wildman–Crippen MR) is 133 cm³/mol. The number of benzene rings is 3. The van der Waals surface area contributed by atoms with Crippen molar-refractivity contribution in [2.75, 3.05) is 7.05 Å². The number of amides is 1. The lowest BCUT2D eigenvalue weighted by atomic mass is 10.1. The van der Waals surface area contributed by atoms with Gasteiger partial charge in [0.15, 0.2) is 0 Å². The number of nitro benzene ring substituents is 1. The zero-order chi connectivity index (χ0) is 25.1. The quantitative estimate of drug-likeness (QED) is 0.254. The Labute approximate surface area is 206 Å². The zero-order valence-corrected chi connectivity index (χ0v) is 19.3. The normalized spacial score (nSPS) is 10.8. The van der Waals surface area contributed by atoms with Crippen molar-refractivity contribution in [3.8, 4) is 22.6 Å². The standard InChI is InChI=1S/C26H21N7O3/c1-30(26(34)20-12-13-23(24(14-20)33(35)36)32-18-27-17-28-32)15-21-16-31(22-10-6-3-7-11-22)29-25(21)19-8-4-2-5-9-19/h2-14,16-18H,15H2,1H3. The third-order valence-electron chi connectivity index (χ3n) is 5.70. The number of rotatable bonds is 7. The number of nitrogens with zero attached hydrogens (tertiary/aromatic N) is 7. The van der Waals surface area contributed by atoms with Crippen LogP contribution in [0.3, 0.4) is 0 Å². The molecule has 0 saturated heterocycles. The first-order valence-corrected chi connectivity index (χ1v) is 11.1. The first kappa shape index (κ1) is 22.7. The SMILES string of the molecule is CN(Cc1cn(-c2ccccc2)nc1-c1ccccc1)C(=O)c1ccc(-n2cncn2)c([N+](=O)[O-])c1. The van der Waals surface area contributed by atoms with Crippen LogP contribution >= 0.6 is 0 Å². The van der Waals surface area contributed by atoms with Gasteiger partial charge in [0.1, 0.15) is 18.3 Å². The summed E-state index contributed by atoms with van der Waals surface area (Å²) >= 11 is 0. The Hall–Kier alpha value is -5.12. The smallest absolute Gasteiger partial charge is 0.295 e. The topological polar surface area (TPSA) is 112 Å². The van der Waals surface area contributed by atoms with Crippen LogP contribution in [-0.2, 0) is 6.54 Å². The second-order valence-electron chi connectivity index (χ2n) is 8.11. The Bertz CT molecular complexity index is 1510. The summed E-state index contributed by atoms with van der Waals surface area (Å²) in [6.45, 7) is 0.258. The Morgan fingerprint density at radius 2 is 1.72 bits per heavy atom. The number of hydrogen-bond acceptors (Lipinski definition) is 6. The molecule has 3 aromatic carbocycles. The Morgan fingerprint density at radius 3 is 2.39 bits per heavy atom. The van der Waals surface area contributed by atoms with E-state index in [1.165, 1.54) is 34.4 Å². The van der Waals surface area contributed by atoms with Crippen molar-refractivity contribution in [2.45, 2.75) is 6.54 Å². The van der Waals surface area contributed by atoms with Gasteiger partial charge in [-0.2, -0.15) is 10.2 Å². The lowest BCUT2D eigenvalue weighted by Crippen LogP contribution is -2.26. The average molecular weight is 480 g/mol. The van der Waals surface area contributed by atoms with Crippen molar-refractivity contribution < 1.29 is 9.72 Å². The molecule has 0 saturated carbocycles. The van der Waals surface area contributed by atoms with Gasteiger partial charge < -0.3 is 4.90 Å². The summed E-state index contributed by atoms with van der Waals surface area (Å²) < 4.78 is 3.08. The lowest BCUT2D eigenvalue weighted by Gasteiger charge is -2.17. The maximum Gasteiger partial charge on any atom is 0.295 e. The van der Waals surface area contributed by atoms with E-state index in [9.17, 15) is 14.9 Å². The van der Waals surface area contributed by atoms with Crippen molar-refractivity contribution >= 4 is 11.6 Å². The van der Waals surface area contributed by atoms with E-state index in [4.69, 9.17) is 5.10 Å². The number of carbonyl (C=O) groups excluding carboxylic acids is 1. The van der Waals surface area contributed by atoms with Crippen LogP contribution in [0, 0.1) is 10.1 Å². The summed E-state index contributed by atoms with van der Waals surface area (Å²) in [7, 11) is 1.66. The molecule has 5 aromatic rings. The molecule has 0 N–H and O–H groups in total. The zero-order valence-electron chi connectivity index (χ0n) is 19.3. The molecular weight excluding hydrogens is 458 g/mol. The molecule has 10 nitrogen and oxygen atoms in total. The number of hydrogen-bond donors (Lipinski definition) is 0. The minimum atomic E-state index is -0.537. The van der Waals surface area contributed by atoms with E-state index in [1.54, 1.807) is 17.8 Å². The van der Waals surface area contributed by atoms with E-state index in [-0.39, 0.29) is 29.4 Å². The maximum atomic E-state index is 13.3. The summed E-state index contributed by atoms with van der Waals surface area (Å²) in [5.74, 6) is -0.352. The summed E-state index contributed by atoms with van der Waals surface area (Å²) in [5, 5.41) is 20.4. The van der Waals surface area contributed by atoms with Crippen LogP contribution < -0.4 is 0 Å². The van der Waals surface area contributed by atoms with Gasteiger partial charge in [-0.25, -0.2) is 14.3 Å². The fraction of sp³-hybridized carbons (Fsp3) is 0.0769. The van der Waals surface area contributed by atoms with Crippen LogP contribution in [0.5, 0.6) is 0 Å². The molecule has 10 heteroatoms. The Morgan fingerprint density at radius 1 is 1.00 bits per heavy atom. The highest BCUT2D eigenvalue weighted by Gasteiger charge is 2.22. The minimum Gasteiger partial charge on any atom is -0.337 e. The molecule has 0 unspecified atom stereocenters. The molecule has 2 aromatic heterocycles. The van der Waals surface area contributed by atoms with E-state index >= 15 is 0 Å². The van der Waals surface area contributed by atoms with Crippen LogP contribution in [0.15, 0.2) is 97.7 Å². The molecule has 0 aliphatic carbocycles. The number of para-hydroxylation sites is 1. The molecule has 2 heterocycles. The predicted octanol–water partition coefficient (Wildman–Crippen LogP) is 4.30. The Balaban J connectivity index is 1.46. The molecule has 0 bridgehead atoms. The van der Waals surface area contributed by atoms with Crippen molar-refractivity contribution in [1.82, 2.24) is 29.4 Å². The fourth-order valence-electron chi connectivity index (χ4n) is 3.95. The van der Waals surface area contributed by atoms with Crippen molar-refractivity contribution in [3.05, 3.63) is 119 Å². The molecule has 0 radical (unpaired) electrons. The summed E-state index contributed by atoms with van der Waals surface area (Å²) in [4.78, 5) is 29.8. The summed E-state index contributed by atoms with van der Waals surface area (Å²) in [6, 6.07) is 23.8. The molecule has 0 aliphatic rings. The van der Waals surface area contributed by atoms with E-state index in [0.29, 0.717) is 0 Å². The molecule has 0 fully saturated rings. The fourth-order valence-corrected chi connectivity index (χ4v) is 3.95. The van der Waals surface area contributed by atoms with Crippen LogP contribution in [0.2, 0.25) is 0 Å². The van der Waals surface area contributed by atoms with E-state index in [2.05, 4.69) is 10.1 Å². The molecule has 36 heavy (non-hydrogen) atoms. The van der Waals surface area contributed by atoms with Gasteiger partial charge in [0.2, 0.25) is 0 Å². The second-order valence-corrected chi connectivity index (χ2v) is 8.11. The molecule has 1 amide bonds. The van der Waals surface area contributed by atoms with Crippen molar-refractivity contribution in [3.63, 3.8) is 0 Å². The summed E-state index contributed by atoms with van der Waals surface area (Å²) in [5.41, 5.74) is 3.62. The van der Waals surface area contributed by atoms with Gasteiger partial charge in [0.05, 0.1) is 16.3 Å². The highest BCUT2D eigenvalue weighted by atomic mass is 16.6. The average Bonchev–Trinajstić information content (AvgIpc) is 3.60. The second kappa shape index (κ2) is 9.63. The van der Waals surface area contributed by atoms with Gasteiger partial charge >= 0.3 is 0 Å². The monoisotopic (exact) mass is 479 g/mol. The first-order valence-electron chi connectivity index (χ1n) is 11.1. The van der Waals surface area contributed by atoms with Crippen molar-refractivity contribution in [1.29, 1.82) is 0 Å². The number of aromatic nitrogens is 5. The minimum absolute atomic E-state index is 0.199. The van der Waals surface area contributed by atoms with Crippen LogP contribution in [0.4, 0.5) is 5.69 Å². The molecule has 5 rings (SSSR count). The molecule has 0 aliphatic heterocycles. The number of nitro groups is 1. The van der Waals surface area contributed by atoms with Gasteiger partial charge in [-0.3, -0.25) is 14.9 Å². The van der Waals surface area contributed by atoms with Gasteiger partial charge in [0.25, 0.3) is 11.6 Å². The Kier molecular flexibility index (Phi) is 6.06. The van der Waals surface area contributed by atoms with Crippen LogP contribution in [-0.4, -0.2) is 47.3 Å². The highest BCUT2D eigenvalue weighted by molar-refractivity contribution is 5.95. The molecule has 0 spiro atoms. The van der Waals surface area contributed by atoms with Crippen molar-refractivity contribution in [2.24, 2.45) is 0 Å². The van der Waals surface area contributed by atoms with Crippen LogP contribution in [0.25, 0.3) is 22.6 Å². The van der Waals surface area contributed by atoms with E-state index in [0.717, 1.165) is 22.5 Å².